The number of aromatic nitrogens is 1. The zero-order chi connectivity index (χ0) is 22.3. The van der Waals surface area contributed by atoms with E-state index in [0.29, 0.717) is 29.9 Å². The van der Waals surface area contributed by atoms with Gasteiger partial charge in [-0.2, -0.15) is 10.2 Å². The van der Waals surface area contributed by atoms with E-state index < -0.39 is 0 Å². The number of hydrogen-bond donors (Lipinski definition) is 1. The molecule has 0 fully saturated rings. The van der Waals surface area contributed by atoms with Gasteiger partial charge >= 0.3 is 0 Å². The molecule has 0 bridgehead atoms. The van der Waals surface area contributed by atoms with Gasteiger partial charge < -0.3 is 19.2 Å². The number of benzene rings is 3. The zero-order valence-electron chi connectivity index (χ0n) is 17.3. The largest absolute Gasteiger partial charge is 0.494 e. The number of oxazole rings is 1. The monoisotopic (exact) mass is 445 g/mol. The second-order valence-electron chi connectivity index (χ2n) is 6.80. The van der Waals surface area contributed by atoms with Crippen LogP contribution < -0.4 is 14.8 Å². The molecule has 0 atom stereocenters. The van der Waals surface area contributed by atoms with E-state index in [2.05, 4.69) is 16.4 Å². The molecule has 0 aliphatic carbocycles. The van der Waals surface area contributed by atoms with Crippen molar-refractivity contribution in [2.45, 2.75) is 13.5 Å². The van der Waals surface area contributed by atoms with Crippen LogP contribution in [0.15, 0.2) is 77.2 Å². The van der Waals surface area contributed by atoms with Crippen LogP contribution >= 0.6 is 11.6 Å². The number of nitriles is 1. The fourth-order valence-electron chi connectivity index (χ4n) is 3.01. The van der Waals surface area contributed by atoms with Gasteiger partial charge in [0.2, 0.25) is 17.5 Å². The molecule has 3 aromatic carbocycles. The molecule has 0 unspecified atom stereocenters. The van der Waals surface area contributed by atoms with Gasteiger partial charge in [-0.25, -0.2) is 0 Å². The second kappa shape index (κ2) is 9.90. The molecule has 1 heterocycles. The van der Waals surface area contributed by atoms with Crippen molar-refractivity contribution >= 4 is 23.2 Å². The number of rotatable bonds is 8. The van der Waals surface area contributed by atoms with Crippen molar-refractivity contribution in [2.24, 2.45) is 0 Å². The van der Waals surface area contributed by atoms with Gasteiger partial charge in [-0.05, 0) is 61.5 Å². The summed E-state index contributed by atoms with van der Waals surface area (Å²) in [6.07, 6.45) is 0. The topological polar surface area (TPSA) is 80.3 Å². The molecular weight excluding hydrogens is 426 g/mol. The first-order chi connectivity index (χ1) is 15.7. The van der Waals surface area contributed by atoms with Crippen molar-refractivity contribution in [1.29, 1.82) is 5.26 Å². The molecule has 0 aliphatic rings. The van der Waals surface area contributed by atoms with Gasteiger partial charge in [0.25, 0.3) is 0 Å². The highest BCUT2D eigenvalue weighted by atomic mass is 35.5. The van der Waals surface area contributed by atoms with Crippen molar-refractivity contribution in [3.05, 3.63) is 89.1 Å². The molecule has 4 aromatic rings. The van der Waals surface area contributed by atoms with Crippen LogP contribution in [-0.2, 0) is 6.61 Å². The Morgan fingerprint density at radius 3 is 2.34 bits per heavy atom. The Bertz CT molecular complexity index is 1230. The minimum absolute atomic E-state index is 0.174. The third-order valence-electron chi connectivity index (χ3n) is 4.61. The lowest BCUT2D eigenvalue weighted by molar-refractivity contribution is 0.306. The highest BCUT2D eigenvalue weighted by Gasteiger charge is 2.15. The molecule has 0 radical (unpaired) electrons. The quantitative estimate of drug-likeness (QED) is 0.329. The highest BCUT2D eigenvalue weighted by molar-refractivity contribution is 6.31. The smallest absolute Gasteiger partial charge is 0.236 e. The van der Waals surface area contributed by atoms with E-state index in [4.69, 9.17) is 25.5 Å². The highest BCUT2D eigenvalue weighted by Crippen LogP contribution is 2.29. The van der Waals surface area contributed by atoms with Gasteiger partial charge in [0.1, 0.15) is 24.2 Å². The van der Waals surface area contributed by atoms with E-state index in [9.17, 15) is 5.26 Å². The maximum atomic E-state index is 9.45. The molecule has 0 amide bonds. The standard InChI is InChI=1S/C25H20ClN3O3/c1-2-30-20-13-9-19(10-14-20)28-25-23(15-27)29-24(32-25)17-7-11-21(12-8-17)31-16-18-5-3-4-6-22(18)26/h3-14,28H,2,16H2,1H3. The summed E-state index contributed by atoms with van der Waals surface area (Å²) in [6, 6.07) is 24.3. The van der Waals surface area contributed by atoms with Crippen LogP contribution in [0.5, 0.6) is 11.5 Å². The Balaban J connectivity index is 1.46. The molecule has 7 heteroatoms. The lowest BCUT2D eigenvalue weighted by Gasteiger charge is -2.08. The minimum atomic E-state index is 0.174. The summed E-state index contributed by atoms with van der Waals surface area (Å²) >= 11 is 6.17. The van der Waals surface area contributed by atoms with E-state index in [0.717, 1.165) is 22.6 Å². The Morgan fingerprint density at radius 2 is 1.66 bits per heavy atom. The van der Waals surface area contributed by atoms with Crippen LogP contribution in [0.25, 0.3) is 11.5 Å². The molecule has 1 N–H and O–H groups in total. The van der Waals surface area contributed by atoms with Gasteiger partial charge in [-0.1, -0.05) is 29.8 Å². The zero-order valence-corrected chi connectivity index (χ0v) is 18.1. The normalized spacial score (nSPS) is 10.4. The maximum Gasteiger partial charge on any atom is 0.236 e. The molecule has 160 valence electrons. The van der Waals surface area contributed by atoms with Gasteiger partial charge in [0.15, 0.2) is 0 Å². The third kappa shape index (κ3) is 5.02. The second-order valence-corrected chi connectivity index (χ2v) is 7.20. The Morgan fingerprint density at radius 1 is 0.969 bits per heavy atom. The van der Waals surface area contributed by atoms with Crippen LogP contribution in [0.2, 0.25) is 5.02 Å². The first-order valence-electron chi connectivity index (χ1n) is 10.0. The predicted octanol–water partition coefficient (Wildman–Crippen LogP) is 6.59. The van der Waals surface area contributed by atoms with Crippen molar-refractivity contribution in [3.8, 4) is 29.0 Å². The van der Waals surface area contributed by atoms with Crippen LogP contribution in [-0.4, -0.2) is 11.6 Å². The molecule has 4 rings (SSSR count). The molecule has 32 heavy (non-hydrogen) atoms. The number of halogens is 1. The summed E-state index contributed by atoms with van der Waals surface area (Å²) < 4.78 is 17.1. The van der Waals surface area contributed by atoms with Crippen LogP contribution in [0.1, 0.15) is 18.2 Å². The van der Waals surface area contributed by atoms with Gasteiger partial charge in [-0.15, -0.1) is 0 Å². The van der Waals surface area contributed by atoms with Crippen LogP contribution in [0.4, 0.5) is 11.6 Å². The van der Waals surface area contributed by atoms with Gasteiger partial charge in [0, 0.05) is 21.8 Å². The summed E-state index contributed by atoms with van der Waals surface area (Å²) in [5, 5.41) is 13.2. The first-order valence-corrected chi connectivity index (χ1v) is 10.4. The Hall–Kier alpha value is -3.95. The molecule has 1 aromatic heterocycles. The number of ether oxygens (including phenoxy) is 2. The van der Waals surface area contributed by atoms with Crippen LogP contribution in [0.3, 0.4) is 0 Å². The predicted molar refractivity (Wildman–Crippen MR) is 123 cm³/mol. The van der Waals surface area contributed by atoms with E-state index in [1.807, 2.05) is 79.7 Å². The van der Waals surface area contributed by atoms with Crippen molar-refractivity contribution in [1.82, 2.24) is 4.98 Å². The molecule has 0 saturated heterocycles. The SMILES string of the molecule is CCOc1ccc(Nc2oc(-c3ccc(OCc4ccccc4Cl)cc3)nc2C#N)cc1. The molecule has 0 spiro atoms. The Kier molecular flexibility index (Phi) is 6.59. The summed E-state index contributed by atoms with van der Waals surface area (Å²) in [6.45, 7) is 2.90. The fraction of sp³-hybridized carbons (Fsp3) is 0.120. The Labute approximate surface area is 191 Å². The first kappa shape index (κ1) is 21.3. The van der Waals surface area contributed by atoms with Gasteiger partial charge in [-0.3, -0.25) is 0 Å². The van der Waals surface area contributed by atoms with E-state index in [1.165, 1.54) is 0 Å². The number of hydrogen-bond acceptors (Lipinski definition) is 6. The lowest BCUT2D eigenvalue weighted by Crippen LogP contribution is -1.95. The molecule has 6 nitrogen and oxygen atoms in total. The summed E-state index contributed by atoms with van der Waals surface area (Å²) in [5.74, 6) is 2.08. The molecular formula is C25H20ClN3O3. The molecule has 0 aliphatic heterocycles. The fourth-order valence-corrected chi connectivity index (χ4v) is 3.20. The van der Waals surface area contributed by atoms with E-state index >= 15 is 0 Å². The van der Waals surface area contributed by atoms with Crippen LogP contribution in [0, 0.1) is 11.3 Å². The average Bonchev–Trinajstić information content (AvgIpc) is 3.23. The summed E-state index contributed by atoms with van der Waals surface area (Å²) in [4.78, 5) is 4.30. The summed E-state index contributed by atoms with van der Waals surface area (Å²) in [7, 11) is 0. The lowest BCUT2D eigenvalue weighted by atomic mass is 10.2. The van der Waals surface area contributed by atoms with E-state index in [1.54, 1.807) is 0 Å². The summed E-state index contributed by atoms with van der Waals surface area (Å²) in [5.41, 5.74) is 2.57. The van der Waals surface area contributed by atoms with E-state index in [-0.39, 0.29) is 11.6 Å². The number of anilines is 2. The molecule has 0 saturated carbocycles. The number of nitrogens with one attached hydrogen (secondary N) is 1. The maximum absolute atomic E-state index is 9.45. The number of nitrogens with zero attached hydrogens (tertiary/aromatic N) is 2. The third-order valence-corrected chi connectivity index (χ3v) is 4.98. The van der Waals surface area contributed by atoms with Gasteiger partial charge in [0.05, 0.1) is 6.61 Å². The minimum Gasteiger partial charge on any atom is -0.494 e. The van der Waals surface area contributed by atoms with Crippen molar-refractivity contribution in [2.75, 3.05) is 11.9 Å². The van der Waals surface area contributed by atoms with Crippen molar-refractivity contribution in [3.63, 3.8) is 0 Å². The average molecular weight is 446 g/mol. The van der Waals surface area contributed by atoms with Crippen molar-refractivity contribution < 1.29 is 13.9 Å².